The van der Waals surface area contributed by atoms with Crippen LogP contribution in [0.4, 0.5) is 5.69 Å². The first-order chi connectivity index (χ1) is 21.7. The summed E-state index contributed by atoms with van der Waals surface area (Å²) in [6.45, 7) is 5.72. The zero-order valence-corrected chi connectivity index (χ0v) is 27.7. The predicted octanol–water partition coefficient (Wildman–Crippen LogP) is 4.82. The number of fused-ring (bicyclic) bond motifs is 1. The van der Waals surface area contributed by atoms with E-state index in [4.69, 9.17) is 14.2 Å². The number of nitro groups is 1. The summed E-state index contributed by atoms with van der Waals surface area (Å²) in [6, 6.07) is 8.85. The molecule has 0 bridgehead atoms. The minimum Gasteiger partial charge on any atom is -0.493 e. The summed E-state index contributed by atoms with van der Waals surface area (Å²) in [5, 5.41) is 12.3. The zero-order valence-electron chi connectivity index (χ0n) is 24.5. The normalized spacial score (nSPS) is 14.5. The third-order valence-electron chi connectivity index (χ3n) is 6.62. The standard InChI is InChI=1S/C30H26BrN5O7S2/c1-5-42-22-14-18(19(31)15-21(22)41-4)26-25(28(38)43-6-2)16(3)34-30-35(26)27(37)24(45-30)13-17-8-9-23(20(12-17)36(39)40)44-29-32-10-7-11-33-29/h7-15,26H,5-6H2,1-4H3/b24-13+/t26-/m0/s1. The Balaban J connectivity index is 1.68. The maximum atomic E-state index is 14.1. The van der Waals surface area contributed by atoms with E-state index in [-0.39, 0.29) is 22.4 Å². The molecule has 0 fully saturated rings. The van der Waals surface area contributed by atoms with Gasteiger partial charge in [0.15, 0.2) is 21.5 Å². The molecule has 0 saturated heterocycles. The molecule has 15 heteroatoms. The maximum Gasteiger partial charge on any atom is 0.338 e. The maximum absolute atomic E-state index is 14.1. The molecule has 1 aliphatic heterocycles. The highest BCUT2D eigenvalue weighted by atomic mass is 79.9. The Morgan fingerprint density at radius 1 is 1.18 bits per heavy atom. The van der Waals surface area contributed by atoms with Crippen molar-refractivity contribution in [2.45, 2.75) is 36.9 Å². The fourth-order valence-corrected chi connectivity index (χ4v) is 7.10. The van der Waals surface area contributed by atoms with Crippen LogP contribution in [0.25, 0.3) is 6.08 Å². The molecular formula is C30H26BrN5O7S2. The van der Waals surface area contributed by atoms with Gasteiger partial charge >= 0.3 is 5.97 Å². The van der Waals surface area contributed by atoms with Gasteiger partial charge in [-0.2, -0.15) is 0 Å². The molecule has 0 unspecified atom stereocenters. The number of rotatable bonds is 10. The lowest BCUT2D eigenvalue weighted by Crippen LogP contribution is -2.40. The number of hydrogen-bond acceptors (Lipinski definition) is 12. The number of allylic oxidation sites excluding steroid dienone is 1. The molecule has 45 heavy (non-hydrogen) atoms. The van der Waals surface area contributed by atoms with Crippen LogP contribution in [0.2, 0.25) is 0 Å². The Kier molecular flexibility index (Phi) is 9.80. The van der Waals surface area contributed by atoms with Crippen molar-refractivity contribution < 1.29 is 23.9 Å². The summed E-state index contributed by atoms with van der Waals surface area (Å²) < 4.78 is 19.0. The first-order valence-electron chi connectivity index (χ1n) is 13.6. The largest absolute Gasteiger partial charge is 0.493 e. The molecule has 3 heterocycles. The van der Waals surface area contributed by atoms with Crippen molar-refractivity contribution >= 4 is 56.8 Å². The number of carbonyl (C=O) groups is 1. The minimum absolute atomic E-state index is 0.129. The number of carbonyl (C=O) groups excluding carboxylic acids is 1. The summed E-state index contributed by atoms with van der Waals surface area (Å²) in [4.78, 5) is 52.4. The van der Waals surface area contributed by atoms with Gasteiger partial charge in [-0.05, 0) is 74.0 Å². The Labute approximate surface area is 273 Å². The average Bonchev–Trinajstić information content (AvgIpc) is 3.32. The quantitative estimate of drug-likeness (QED) is 0.0971. The van der Waals surface area contributed by atoms with E-state index >= 15 is 0 Å². The van der Waals surface area contributed by atoms with E-state index in [1.165, 1.54) is 17.7 Å². The number of ether oxygens (including phenoxy) is 3. The van der Waals surface area contributed by atoms with Crippen molar-refractivity contribution in [2.75, 3.05) is 20.3 Å². The highest BCUT2D eigenvalue weighted by Gasteiger charge is 2.35. The Morgan fingerprint density at radius 3 is 2.60 bits per heavy atom. The number of aromatic nitrogens is 3. The van der Waals surface area contributed by atoms with Gasteiger partial charge in [0.1, 0.15) is 0 Å². The smallest absolute Gasteiger partial charge is 0.338 e. The van der Waals surface area contributed by atoms with Crippen LogP contribution in [0.15, 0.2) is 84.4 Å². The summed E-state index contributed by atoms with van der Waals surface area (Å²) in [5.41, 5.74) is 1.00. The molecule has 2 aromatic heterocycles. The van der Waals surface area contributed by atoms with Crippen LogP contribution in [-0.4, -0.2) is 45.8 Å². The molecule has 0 amide bonds. The molecule has 12 nitrogen and oxygen atoms in total. The summed E-state index contributed by atoms with van der Waals surface area (Å²) >= 11 is 5.78. The summed E-state index contributed by atoms with van der Waals surface area (Å²) in [6.07, 6.45) is 4.68. The molecule has 1 aliphatic rings. The fraction of sp³-hybridized carbons (Fsp3) is 0.233. The second-order valence-electron chi connectivity index (χ2n) is 9.38. The number of benzene rings is 2. The molecule has 0 radical (unpaired) electrons. The van der Waals surface area contributed by atoms with Gasteiger partial charge in [0.25, 0.3) is 11.2 Å². The van der Waals surface area contributed by atoms with Crippen LogP contribution in [0.3, 0.4) is 0 Å². The van der Waals surface area contributed by atoms with Crippen LogP contribution in [0.5, 0.6) is 11.5 Å². The lowest BCUT2D eigenvalue weighted by Gasteiger charge is -2.26. The molecule has 5 rings (SSSR count). The van der Waals surface area contributed by atoms with E-state index in [0.717, 1.165) is 23.1 Å². The summed E-state index contributed by atoms with van der Waals surface area (Å²) in [7, 11) is 1.52. The Hall–Kier alpha value is -4.34. The van der Waals surface area contributed by atoms with Gasteiger partial charge in [-0.25, -0.2) is 19.8 Å². The lowest BCUT2D eigenvalue weighted by molar-refractivity contribution is -0.387. The van der Waals surface area contributed by atoms with Crippen LogP contribution < -0.4 is 24.4 Å². The minimum atomic E-state index is -0.916. The predicted molar refractivity (Wildman–Crippen MR) is 172 cm³/mol. The van der Waals surface area contributed by atoms with E-state index in [2.05, 4.69) is 30.9 Å². The lowest BCUT2D eigenvalue weighted by atomic mass is 9.95. The second kappa shape index (κ2) is 13.7. The van der Waals surface area contributed by atoms with Gasteiger partial charge in [-0.15, -0.1) is 0 Å². The number of esters is 1. The fourth-order valence-electron chi connectivity index (χ4n) is 4.71. The highest BCUT2D eigenvalue weighted by molar-refractivity contribution is 9.10. The van der Waals surface area contributed by atoms with Crippen molar-refractivity contribution in [3.63, 3.8) is 0 Å². The van der Waals surface area contributed by atoms with Crippen LogP contribution in [0.1, 0.15) is 37.9 Å². The highest BCUT2D eigenvalue weighted by Crippen LogP contribution is 2.41. The van der Waals surface area contributed by atoms with Gasteiger partial charge in [0.2, 0.25) is 0 Å². The molecule has 0 spiro atoms. The van der Waals surface area contributed by atoms with E-state index in [1.54, 1.807) is 62.6 Å². The number of hydrogen-bond donors (Lipinski definition) is 0. The first kappa shape index (κ1) is 32.1. The van der Waals surface area contributed by atoms with Crippen LogP contribution >= 0.6 is 39.0 Å². The zero-order chi connectivity index (χ0) is 32.2. The van der Waals surface area contributed by atoms with Crippen LogP contribution in [0, 0.1) is 10.1 Å². The monoisotopic (exact) mass is 711 g/mol. The van der Waals surface area contributed by atoms with E-state index in [9.17, 15) is 19.7 Å². The Morgan fingerprint density at radius 2 is 1.93 bits per heavy atom. The molecule has 0 N–H and O–H groups in total. The van der Waals surface area contributed by atoms with E-state index in [1.807, 2.05) is 6.92 Å². The van der Waals surface area contributed by atoms with Gasteiger partial charge < -0.3 is 14.2 Å². The molecule has 232 valence electrons. The molecule has 0 aliphatic carbocycles. The number of nitro benzene ring substituents is 1. The van der Waals surface area contributed by atoms with Crippen LogP contribution in [-0.2, 0) is 9.53 Å². The molecule has 0 saturated carbocycles. The molecule has 4 aromatic rings. The van der Waals surface area contributed by atoms with Gasteiger partial charge in [0, 0.05) is 22.9 Å². The van der Waals surface area contributed by atoms with Crippen molar-refractivity contribution in [2.24, 2.45) is 4.99 Å². The number of nitrogens with zero attached hydrogens (tertiary/aromatic N) is 5. The molecule has 2 aromatic carbocycles. The van der Waals surface area contributed by atoms with Crippen molar-refractivity contribution in [1.82, 2.24) is 14.5 Å². The van der Waals surface area contributed by atoms with Crippen molar-refractivity contribution in [1.29, 1.82) is 0 Å². The topological polar surface area (TPSA) is 148 Å². The number of methoxy groups -OCH3 is 1. The SMILES string of the molecule is CCOC(=O)C1=C(C)N=c2s/c(=C/c3ccc(Sc4ncccn4)c([N+](=O)[O-])c3)c(=O)n2[C@H]1c1cc(OCC)c(OC)cc1Br. The molecular weight excluding hydrogens is 686 g/mol. The Bertz CT molecular complexity index is 2010. The number of thiazole rings is 1. The third kappa shape index (κ3) is 6.55. The van der Waals surface area contributed by atoms with Gasteiger partial charge in [-0.1, -0.05) is 33.3 Å². The van der Waals surface area contributed by atoms with E-state index in [0.29, 0.717) is 54.3 Å². The first-order valence-corrected chi connectivity index (χ1v) is 16.0. The van der Waals surface area contributed by atoms with E-state index < -0.39 is 22.5 Å². The van der Waals surface area contributed by atoms with Crippen molar-refractivity contribution in [3.8, 4) is 11.5 Å². The second-order valence-corrected chi connectivity index (χ2v) is 12.3. The molecule has 1 atom stereocenters. The average molecular weight is 713 g/mol. The third-order valence-corrected chi connectivity index (χ3v) is 9.24. The van der Waals surface area contributed by atoms with Crippen molar-refractivity contribution in [3.05, 3.63) is 105 Å². The summed E-state index contributed by atoms with van der Waals surface area (Å²) in [5.74, 6) is 0.300. The number of halogens is 1. The van der Waals surface area contributed by atoms with Gasteiger partial charge in [-0.3, -0.25) is 19.5 Å². The van der Waals surface area contributed by atoms with Gasteiger partial charge in [0.05, 0.1) is 52.0 Å².